The van der Waals surface area contributed by atoms with Crippen molar-refractivity contribution in [3.63, 3.8) is 0 Å². The van der Waals surface area contributed by atoms with Gasteiger partial charge in [-0.3, -0.25) is 19.3 Å². The molecule has 0 saturated heterocycles. The largest absolute Gasteiger partial charge is 0.324 e. The molecule has 2 heterocycles. The van der Waals surface area contributed by atoms with Crippen molar-refractivity contribution in [2.45, 2.75) is 24.8 Å². The number of benzene rings is 2. The number of nitrogens with one attached hydrogen (secondary N) is 2. The molecule has 0 radical (unpaired) electrons. The first-order valence-corrected chi connectivity index (χ1v) is 11.8. The van der Waals surface area contributed by atoms with E-state index in [0.29, 0.717) is 5.69 Å². The van der Waals surface area contributed by atoms with Gasteiger partial charge in [0.2, 0.25) is 11.9 Å². The third kappa shape index (κ3) is 4.37. The van der Waals surface area contributed by atoms with E-state index in [1.165, 1.54) is 36.7 Å². The van der Waals surface area contributed by atoms with Gasteiger partial charge in [0.05, 0.1) is 16.0 Å². The van der Waals surface area contributed by atoms with Crippen molar-refractivity contribution in [3.8, 4) is 0 Å². The first-order valence-electron chi connectivity index (χ1n) is 10.4. The van der Waals surface area contributed by atoms with Crippen LogP contribution in [0.3, 0.4) is 0 Å². The number of hydrogen-bond donors (Lipinski definition) is 2. The van der Waals surface area contributed by atoms with Crippen molar-refractivity contribution >= 4 is 39.4 Å². The average molecular weight is 480 g/mol. The topological polar surface area (TPSA) is 138 Å². The quantitative estimate of drug-likeness (QED) is 0.497. The van der Waals surface area contributed by atoms with Gasteiger partial charge in [-0.05, 0) is 48.4 Å². The molecule has 1 atom stereocenters. The number of nitrogens with zero attached hydrogens (tertiary/aromatic N) is 3. The second-order valence-corrected chi connectivity index (χ2v) is 9.59. The Labute approximate surface area is 196 Å². The van der Waals surface area contributed by atoms with Crippen molar-refractivity contribution in [1.29, 1.82) is 0 Å². The summed E-state index contributed by atoms with van der Waals surface area (Å²) in [6.45, 7) is 3.47. The predicted octanol–water partition coefficient (Wildman–Crippen LogP) is 2.54. The summed E-state index contributed by atoms with van der Waals surface area (Å²) in [6.07, 6.45) is 2.81. The summed E-state index contributed by atoms with van der Waals surface area (Å²) in [4.78, 5) is 47.4. The average Bonchev–Trinajstić information content (AvgIpc) is 3.05. The number of carbonyl (C=O) groups excluding carboxylic acids is 3. The van der Waals surface area contributed by atoms with Gasteiger partial charge in [-0.15, -0.1) is 0 Å². The van der Waals surface area contributed by atoms with Gasteiger partial charge in [-0.1, -0.05) is 26.0 Å². The maximum Gasteiger partial charge on any atom is 0.264 e. The molecule has 10 nitrogen and oxygen atoms in total. The molecule has 174 valence electrons. The van der Waals surface area contributed by atoms with E-state index in [1.807, 2.05) is 0 Å². The summed E-state index contributed by atoms with van der Waals surface area (Å²) in [5.41, 5.74) is 0.827. The molecule has 0 unspecified atom stereocenters. The van der Waals surface area contributed by atoms with Crippen LogP contribution in [0.25, 0.3) is 0 Å². The maximum atomic E-state index is 13.1. The van der Waals surface area contributed by atoms with Crippen LogP contribution in [0, 0.1) is 5.92 Å². The van der Waals surface area contributed by atoms with E-state index >= 15 is 0 Å². The van der Waals surface area contributed by atoms with Gasteiger partial charge in [-0.2, -0.15) is 0 Å². The van der Waals surface area contributed by atoms with Crippen LogP contribution < -0.4 is 10.0 Å². The van der Waals surface area contributed by atoms with Gasteiger partial charge < -0.3 is 5.32 Å². The molecule has 11 heteroatoms. The minimum atomic E-state index is -3.93. The zero-order valence-corrected chi connectivity index (χ0v) is 19.1. The van der Waals surface area contributed by atoms with E-state index in [2.05, 4.69) is 20.0 Å². The molecule has 2 N–H and O–H groups in total. The van der Waals surface area contributed by atoms with Gasteiger partial charge in [-0.25, -0.2) is 23.1 Å². The zero-order valence-electron chi connectivity index (χ0n) is 18.3. The van der Waals surface area contributed by atoms with Gasteiger partial charge in [0, 0.05) is 18.1 Å². The predicted molar refractivity (Wildman–Crippen MR) is 123 cm³/mol. The Kier molecular flexibility index (Phi) is 6.12. The SMILES string of the molecule is CC(C)[C@@H](C(=O)Nc1ccc(S(=O)(=O)Nc2ncccn2)cc1)N1C(=O)c2ccccc2C1=O. The van der Waals surface area contributed by atoms with Crippen molar-refractivity contribution in [2.75, 3.05) is 10.0 Å². The molecule has 0 bridgehead atoms. The molecule has 1 aromatic heterocycles. The van der Waals surface area contributed by atoms with Crippen molar-refractivity contribution < 1.29 is 22.8 Å². The van der Waals surface area contributed by atoms with Gasteiger partial charge in [0.1, 0.15) is 6.04 Å². The van der Waals surface area contributed by atoms with Crippen LogP contribution in [0.5, 0.6) is 0 Å². The number of sulfonamides is 1. The molecule has 1 aliphatic rings. The molecular formula is C23H21N5O5S. The summed E-state index contributed by atoms with van der Waals surface area (Å²) in [5, 5.41) is 2.67. The number of aromatic nitrogens is 2. The van der Waals surface area contributed by atoms with Crippen LogP contribution in [-0.4, -0.2) is 47.0 Å². The minimum absolute atomic E-state index is 0.0568. The highest BCUT2D eigenvalue weighted by atomic mass is 32.2. The van der Waals surface area contributed by atoms with E-state index in [9.17, 15) is 22.8 Å². The molecular weight excluding hydrogens is 458 g/mol. The highest BCUT2D eigenvalue weighted by Crippen LogP contribution is 2.28. The number of fused-ring (bicyclic) bond motifs is 1. The number of hydrogen-bond acceptors (Lipinski definition) is 7. The number of imide groups is 1. The van der Waals surface area contributed by atoms with E-state index in [4.69, 9.17) is 0 Å². The number of rotatable bonds is 7. The maximum absolute atomic E-state index is 13.1. The Bertz CT molecular complexity index is 1320. The standard InChI is InChI=1S/C23H21N5O5S/c1-14(2)19(28-21(30)17-6-3-4-7-18(17)22(28)31)20(29)26-15-8-10-16(11-9-15)34(32,33)27-23-24-12-5-13-25-23/h3-14,19H,1-2H3,(H,26,29)(H,24,25,27)/t19-/m0/s1. The lowest BCUT2D eigenvalue weighted by atomic mass is 10.0. The lowest BCUT2D eigenvalue weighted by molar-refractivity contribution is -0.121. The van der Waals surface area contributed by atoms with E-state index in [-0.39, 0.29) is 27.9 Å². The third-order valence-electron chi connectivity index (χ3n) is 5.23. The second-order valence-electron chi connectivity index (χ2n) is 7.91. The van der Waals surface area contributed by atoms with E-state index in [1.54, 1.807) is 44.2 Å². The molecule has 0 saturated carbocycles. The van der Waals surface area contributed by atoms with Gasteiger partial charge in [0.15, 0.2) is 0 Å². The van der Waals surface area contributed by atoms with Crippen LogP contribution in [-0.2, 0) is 14.8 Å². The lowest BCUT2D eigenvalue weighted by Gasteiger charge is -2.28. The molecule has 0 fully saturated rings. The fraction of sp³-hybridized carbons (Fsp3) is 0.174. The van der Waals surface area contributed by atoms with Crippen LogP contribution in [0.15, 0.2) is 71.9 Å². The highest BCUT2D eigenvalue weighted by molar-refractivity contribution is 7.92. The van der Waals surface area contributed by atoms with Gasteiger partial charge in [0.25, 0.3) is 21.8 Å². The molecule has 1 aliphatic heterocycles. The highest BCUT2D eigenvalue weighted by Gasteiger charge is 2.43. The number of carbonyl (C=O) groups is 3. The Hall–Kier alpha value is -4.12. The molecule has 3 amide bonds. The van der Waals surface area contributed by atoms with E-state index in [0.717, 1.165) is 4.90 Å². The Morgan fingerprint density at radius 3 is 1.97 bits per heavy atom. The van der Waals surface area contributed by atoms with E-state index < -0.39 is 33.8 Å². The van der Waals surface area contributed by atoms with Crippen molar-refractivity contribution in [2.24, 2.45) is 5.92 Å². The fourth-order valence-corrected chi connectivity index (χ4v) is 4.60. The molecule has 0 spiro atoms. The first kappa shape index (κ1) is 23.1. The molecule has 3 aromatic rings. The van der Waals surface area contributed by atoms with Gasteiger partial charge >= 0.3 is 0 Å². The van der Waals surface area contributed by atoms with Crippen LogP contribution >= 0.6 is 0 Å². The minimum Gasteiger partial charge on any atom is -0.324 e. The Balaban J connectivity index is 1.51. The Morgan fingerprint density at radius 2 is 1.44 bits per heavy atom. The number of anilines is 2. The fourth-order valence-electron chi connectivity index (χ4n) is 3.64. The monoisotopic (exact) mass is 479 g/mol. The summed E-state index contributed by atoms with van der Waals surface area (Å²) in [7, 11) is -3.93. The van der Waals surface area contributed by atoms with Crippen LogP contribution in [0.2, 0.25) is 0 Å². The second kappa shape index (κ2) is 9.02. The first-order chi connectivity index (χ1) is 16.2. The van der Waals surface area contributed by atoms with Crippen LogP contribution in [0.4, 0.5) is 11.6 Å². The summed E-state index contributed by atoms with van der Waals surface area (Å²) >= 11 is 0. The van der Waals surface area contributed by atoms with Crippen molar-refractivity contribution in [1.82, 2.24) is 14.9 Å². The third-order valence-corrected chi connectivity index (χ3v) is 6.57. The molecule has 4 rings (SSSR count). The summed E-state index contributed by atoms with van der Waals surface area (Å²) in [5.74, 6) is -2.04. The lowest BCUT2D eigenvalue weighted by Crippen LogP contribution is -2.50. The Morgan fingerprint density at radius 1 is 0.882 bits per heavy atom. The smallest absolute Gasteiger partial charge is 0.264 e. The molecule has 34 heavy (non-hydrogen) atoms. The normalized spacial score (nSPS) is 14.1. The molecule has 0 aliphatic carbocycles. The van der Waals surface area contributed by atoms with Crippen molar-refractivity contribution in [3.05, 3.63) is 78.1 Å². The summed E-state index contributed by atoms with van der Waals surface area (Å²) in [6, 6.07) is 12.4. The number of amides is 3. The molecule has 2 aromatic carbocycles. The van der Waals surface area contributed by atoms with Crippen LogP contribution in [0.1, 0.15) is 34.6 Å². The zero-order chi connectivity index (χ0) is 24.5. The summed E-state index contributed by atoms with van der Waals surface area (Å²) < 4.78 is 27.3.